The van der Waals surface area contributed by atoms with E-state index in [-0.39, 0.29) is 11.8 Å². The molecule has 128 valence electrons. The number of hydrogen-bond donors (Lipinski definition) is 1. The molecule has 7 heteroatoms. The molecule has 0 aliphatic carbocycles. The van der Waals surface area contributed by atoms with Crippen LogP contribution in [-0.2, 0) is 18.3 Å². The number of ether oxygens (including phenoxy) is 2. The molecule has 2 heterocycles. The van der Waals surface area contributed by atoms with Crippen molar-refractivity contribution in [1.29, 1.82) is 0 Å². The molecule has 0 spiro atoms. The van der Waals surface area contributed by atoms with E-state index in [9.17, 15) is 4.79 Å². The Morgan fingerprint density at radius 3 is 3.17 bits per heavy atom. The van der Waals surface area contributed by atoms with Gasteiger partial charge in [0.25, 0.3) is 0 Å². The van der Waals surface area contributed by atoms with E-state index in [1.54, 1.807) is 25.1 Å². The van der Waals surface area contributed by atoms with E-state index in [1.165, 1.54) is 0 Å². The Balaban J connectivity index is 1.48. The molecular weight excluding hydrogens is 326 g/mol. The molecule has 3 rings (SSSR count). The molecule has 24 heavy (non-hydrogen) atoms. The van der Waals surface area contributed by atoms with Gasteiger partial charge in [0.1, 0.15) is 6.61 Å². The van der Waals surface area contributed by atoms with Gasteiger partial charge in [0.2, 0.25) is 5.91 Å². The molecule has 1 atom stereocenters. The van der Waals surface area contributed by atoms with Crippen molar-refractivity contribution in [3.05, 3.63) is 36.2 Å². The summed E-state index contributed by atoms with van der Waals surface area (Å²) in [6.45, 7) is 0.990. The second-order valence-corrected chi connectivity index (χ2v) is 6.68. The predicted molar refractivity (Wildman–Crippen MR) is 92.6 cm³/mol. The molecule has 1 aliphatic rings. The van der Waals surface area contributed by atoms with E-state index in [2.05, 4.69) is 10.3 Å². The molecule has 2 aromatic rings. The number of nitrogens with one attached hydrogen (secondary N) is 1. The first-order valence-corrected chi connectivity index (χ1v) is 8.84. The van der Waals surface area contributed by atoms with Crippen molar-refractivity contribution in [1.82, 2.24) is 14.9 Å². The maximum Gasteiger partial charge on any atom is 0.226 e. The minimum atomic E-state index is -0.164. The molecule has 0 saturated carbocycles. The number of carbonyl (C=O) groups is 1. The van der Waals surface area contributed by atoms with Gasteiger partial charge in [0, 0.05) is 31.7 Å². The van der Waals surface area contributed by atoms with E-state index in [4.69, 9.17) is 9.47 Å². The second kappa shape index (κ2) is 7.61. The summed E-state index contributed by atoms with van der Waals surface area (Å²) in [5.41, 5.74) is 1.02. The van der Waals surface area contributed by atoms with Crippen LogP contribution in [0.15, 0.2) is 35.7 Å². The molecule has 0 unspecified atom stereocenters. The molecule has 0 radical (unpaired) electrons. The van der Waals surface area contributed by atoms with Gasteiger partial charge in [-0.2, -0.15) is 0 Å². The number of carbonyl (C=O) groups excluding carboxylic acids is 1. The van der Waals surface area contributed by atoms with Gasteiger partial charge in [-0.05, 0) is 18.1 Å². The van der Waals surface area contributed by atoms with Crippen molar-refractivity contribution in [2.24, 2.45) is 13.0 Å². The fourth-order valence-electron chi connectivity index (χ4n) is 2.68. The zero-order valence-electron chi connectivity index (χ0n) is 13.8. The fraction of sp³-hybridized carbons (Fsp3) is 0.412. The molecule has 0 fully saturated rings. The molecule has 0 saturated heterocycles. The number of aryl methyl sites for hydroxylation is 1. The zero-order chi connectivity index (χ0) is 16.9. The Bertz CT molecular complexity index is 717. The topological polar surface area (TPSA) is 65.4 Å². The highest BCUT2D eigenvalue weighted by molar-refractivity contribution is 7.99. The SMILES string of the molecule is COc1cccc2c1OC[C@@H](C(=O)NCCSc1nccn1C)C2. The first kappa shape index (κ1) is 16.7. The summed E-state index contributed by atoms with van der Waals surface area (Å²) in [5, 5.41) is 3.94. The van der Waals surface area contributed by atoms with Crippen LogP contribution in [0.25, 0.3) is 0 Å². The number of thioether (sulfide) groups is 1. The number of imidazole rings is 1. The summed E-state index contributed by atoms with van der Waals surface area (Å²) in [6, 6.07) is 5.77. The van der Waals surface area contributed by atoms with Gasteiger partial charge in [0.05, 0.1) is 13.0 Å². The van der Waals surface area contributed by atoms with Crippen LogP contribution in [0.3, 0.4) is 0 Å². The summed E-state index contributed by atoms with van der Waals surface area (Å²) < 4.78 is 13.0. The normalized spacial score (nSPS) is 16.2. The van der Waals surface area contributed by atoms with E-state index in [1.807, 2.05) is 36.0 Å². The Morgan fingerprint density at radius 2 is 2.42 bits per heavy atom. The lowest BCUT2D eigenvalue weighted by Crippen LogP contribution is -2.38. The monoisotopic (exact) mass is 347 g/mol. The molecular formula is C17H21N3O3S. The van der Waals surface area contributed by atoms with Crippen LogP contribution in [0.1, 0.15) is 5.56 Å². The van der Waals surface area contributed by atoms with Gasteiger partial charge in [-0.25, -0.2) is 4.98 Å². The Hall–Kier alpha value is -2.15. The first-order chi connectivity index (χ1) is 11.7. The van der Waals surface area contributed by atoms with Crippen molar-refractivity contribution >= 4 is 17.7 Å². The molecule has 1 aliphatic heterocycles. The zero-order valence-corrected chi connectivity index (χ0v) is 14.6. The van der Waals surface area contributed by atoms with Gasteiger partial charge >= 0.3 is 0 Å². The highest BCUT2D eigenvalue weighted by Crippen LogP contribution is 2.35. The lowest BCUT2D eigenvalue weighted by Gasteiger charge is -2.25. The predicted octanol–water partition coefficient (Wildman–Crippen LogP) is 1.89. The number of nitrogens with zero attached hydrogens (tertiary/aromatic N) is 2. The number of para-hydroxylation sites is 1. The minimum absolute atomic E-state index is 0.0314. The molecule has 1 aromatic carbocycles. The summed E-state index contributed by atoms with van der Waals surface area (Å²) in [4.78, 5) is 16.6. The van der Waals surface area contributed by atoms with Crippen LogP contribution < -0.4 is 14.8 Å². The summed E-state index contributed by atoms with van der Waals surface area (Å²) >= 11 is 1.63. The number of methoxy groups -OCH3 is 1. The average molecular weight is 347 g/mol. The number of aromatic nitrogens is 2. The molecule has 6 nitrogen and oxygen atoms in total. The quantitative estimate of drug-likeness (QED) is 0.638. The molecule has 1 amide bonds. The van der Waals surface area contributed by atoms with E-state index in [0.717, 1.165) is 28.0 Å². The Labute approximate surface area is 145 Å². The van der Waals surface area contributed by atoms with E-state index >= 15 is 0 Å². The van der Waals surface area contributed by atoms with Gasteiger partial charge in [-0.15, -0.1) is 0 Å². The highest BCUT2D eigenvalue weighted by Gasteiger charge is 2.27. The third kappa shape index (κ3) is 3.67. The van der Waals surface area contributed by atoms with Crippen molar-refractivity contribution in [3.8, 4) is 11.5 Å². The standard InChI is InChI=1S/C17H21N3O3S/c1-20-8-6-19-17(20)24-9-7-18-16(21)13-10-12-4-3-5-14(22-2)15(12)23-11-13/h3-6,8,13H,7,9-11H2,1-2H3,(H,18,21)/t13-/m0/s1. The lowest BCUT2D eigenvalue weighted by molar-refractivity contribution is -0.126. The fourth-order valence-corrected chi connectivity index (χ4v) is 3.46. The smallest absolute Gasteiger partial charge is 0.226 e. The minimum Gasteiger partial charge on any atom is -0.493 e. The third-order valence-corrected chi connectivity index (χ3v) is 5.02. The highest BCUT2D eigenvalue weighted by atomic mass is 32.2. The number of amides is 1. The summed E-state index contributed by atoms with van der Waals surface area (Å²) in [6.07, 6.45) is 4.35. The number of hydrogen-bond acceptors (Lipinski definition) is 5. The van der Waals surface area contributed by atoms with Crippen molar-refractivity contribution in [3.63, 3.8) is 0 Å². The van der Waals surface area contributed by atoms with Crippen molar-refractivity contribution in [2.45, 2.75) is 11.6 Å². The number of fused-ring (bicyclic) bond motifs is 1. The maximum atomic E-state index is 12.3. The van der Waals surface area contributed by atoms with Crippen molar-refractivity contribution in [2.75, 3.05) is 26.0 Å². The van der Waals surface area contributed by atoms with Gasteiger partial charge in [-0.3, -0.25) is 4.79 Å². The summed E-state index contributed by atoms with van der Waals surface area (Å²) in [5.74, 6) is 2.13. The van der Waals surface area contributed by atoms with Crippen LogP contribution in [0, 0.1) is 5.92 Å². The lowest BCUT2D eigenvalue weighted by atomic mass is 9.95. The van der Waals surface area contributed by atoms with Crippen molar-refractivity contribution < 1.29 is 14.3 Å². The molecule has 0 bridgehead atoms. The summed E-state index contributed by atoms with van der Waals surface area (Å²) in [7, 11) is 3.58. The largest absolute Gasteiger partial charge is 0.493 e. The molecule has 1 N–H and O–H groups in total. The first-order valence-electron chi connectivity index (χ1n) is 7.85. The number of rotatable bonds is 6. The van der Waals surface area contributed by atoms with Gasteiger partial charge in [-0.1, -0.05) is 23.9 Å². The molecule has 1 aromatic heterocycles. The van der Waals surface area contributed by atoms with Crippen LogP contribution in [0.4, 0.5) is 0 Å². The van der Waals surface area contributed by atoms with Crippen LogP contribution in [0.2, 0.25) is 0 Å². The Kier molecular flexibility index (Phi) is 5.30. The van der Waals surface area contributed by atoms with E-state index in [0.29, 0.717) is 19.6 Å². The van der Waals surface area contributed by atoms with Gasteiger partial charge in [0.15, 0.2) is 16.7 Å². The third-order valence-electron chi connectivity index (χ3n) is 3.96. The van der Waals surface area contributed by atoms with Gasteiger partial charge < -0.3 is 19.4 Å². The van der Waals surface area contributed by atoms with Crippen LogP contribution >= 0.6 is 11.8 Å². The second-order valence-electron chi connectivity index (χ2n) is 5.62. The van der Waals surface area contributed by atoms with Crippen LogP contribution in [0.5, 0.6) is 11.5 Å². The van der Waals surface area contributed by atoms with E-state index < -0.39 is 0 Å². The average Bonchev–Trinajstić information content (AvgIpc) is 3.02. The van der Waals surface area contributed by atoms with Crippen LogP contribution in [-0.4, -0.2) is 41.5 Å². The maximum absolute atomic E-state index is 12.3. The number of benzene rings is 1. The Morgan fingerprint density at radius 1 is 1.54 bits per heavy atom.